The Morgan fingerprint density at radius 1 is 1.00 bits per heavy atom. The van der Waals surface area contributed by atoms with Crippen LogP contribution in [-0.2, 0) is 6.42 Å². The zero-order valence-electron chi connectivity index (χ0n) is 13.5. The number of benzene rings is 1. The van der Waals surface area contributed by atoms with Crippen LogP contribution in [-0.4, -0.2) is 56.6 Å². The Morgan fingerprint density at radius 2 is 1.59 bits per heavy atom. The molecule has 5 heteroatoms. The average molecular weight is 307 g/mol. The number of fused-ring (bicyclic) bond motifs is 3. The van der Waals surface area contributed by atoms with Gasteiger partial charge < -0.3 is 19.3 Å². The molecule has 0 aliphatic carbocycles. The van der Waals surface area contributed by atoms with Crippen molar-refractivity contribution < 1.29 is 19.3 Å². The summed E-state index contributed by atoms with van der Waals surface area (Å²) in [6, 6.07) is 3.99. The minimum atomic E-state index is -0.250. The molecule has 22 heavy (non-hydrogen) atoms. The smallest absolute Gasteiger partial charge is 0.164 e. The van der Waals surface area contributed by atoms with Crippen LogP contribution in [0.25, 0.3) is 0 Å². The van der Waals surface area contributed by atoms with Crippen LogP contribution in [0.2, 0.25) is 0 Å². The van der Waals surface area contributed by atoms with Crippen LogP contribution in [0, 0.1) is 5.92 Å². The lowest BCUT2D eigenvalue weighted by molar-refractivity contribution is -0.0716. The fraction of sp³-hybridized carbons (Fsp3) is 0.647. The van der Waals surface area contributed by atoms with Crippen molar-refractivity contribution in [3.8, 4) is 17.2 Å². The van der Waals surface area contributed by atoms with Crippen molar-refractivity contribution in [2.24, 2.45) is 5.92 Å². The Balaban J connectivity index is 1.88. The van der Waals surface area contributed by atoms with Gasteiger partial charge in [0, 0.05) is 12.1 Å². The van der Waals surface area contributed by atoms with Gasteiger partial charge in [0.25, 0.3) is 0 Å². The molecule has 3 saturated heterocycles. The minimum Gasteiger partial charge on any atom is -0.496 e. The monoisotopic (exact) mass is 307 g/mol. The van der Waals surface area contributed by atoms with Crippen molar-refractivity contribution in [3.05, 3.63) is 17.7 Å². The van der Waals surface area contributed by atoms with E-state index in [1.165, 1.54) is 0 Å². The second-order valence-corrected chi connectivity index (χ2v) is 6.15. The lowest BCUT2D eigenvalue weighted by atomic mass is 9.78. The number of piperidine rings is 3. The predicted octanol–water partition coefficient (Wildman–Crippen LogP) is 1.71. The number of aliphatic hydroxyl groups is 1. The van der Waals surface area contributed by atoms with Gasteiger partial charge in [-0.3, -0.25) is 4.90 Å². The van der Waals surface area contributed by atoms with Crippen molar-refractivity contribution in [3.63, 3.8) is 0 Å². The first-order valence-electron chi connectivity index (χ1n) is 7.89. The number of ether oxygens (including phenoxy) is 3. The lowest BCUT2D eigenvalue weighted by Crippen LogP contribution is -2.58. The Hall–Kier alpha value is -1.46. The van der Waals surface area contributed by atoms with Gasteiger partial charge in [0.2, 0.25) is 0 Å². The third-order valence-electron chi connectivity index (χ3n) is 5.14. The van der Waals surface area contributed by atoms with E-state index >= 15 is 0 Å². The molecular weight excluding hydrogens is 282 g/mol. The summed E-state index contributed by atoms with van der Waals surface area (Å²) in [6.07, 6.45) is 2.74. The summed E-state index contributed by atoms with van der Waals surface area (Å²) in [5, 5.41) is 10.6. The molecule has 1 aromatic rings. The first-order chi connectivity index (χ1) is 10.7. The van der Waals surface area contributed by atoms with Crippen LogP contribution < -0.4 is 14.2 Å². The van der Waals surface area contributed by atoms with Gasteiger partial charge in [0.15, 0.2) is 11.5 Å². The number of hydrogen-bond donors (Lipinski definition) is 1. The van der Waals surface area contributed by atoms with Crippen molar-refractivity contribution in [2.45, 2.75) is 31.4 Å². The molecule has 3 fully saturated rings. The van der Waals surface area contributed by atoms with Crippen molar-refractivity contribution in [1.29, 1.82) is 0 Å². The zero-order valence-corrected chi connectivity index (χ0v) is 13.5. The number of methoxy groups -OCH3 is 3. The van der Waals surface area contributed by atoms with Crippen LogP contribution in [0.3, 0.4) is 0 Å². The molecule has 0 saturated carbocycles. The molecular formula is C17H25NO4. The highest BCUT2D eigenvalue weighted by Crippen LogP contribution is 2.38. The Bertz CT molecular complexity index is 524. The molecule has 2 bridgehead atoms. The minimum absolute atomic E-state index is 0.166. The van der Waals surface area contributed by atoms with Gasteiger partial charge in [-0.05, 0) is 49.9 Å². The third-order valence-corrected chi connectivity index (χ3v) is 5.14. The summed E-state index contributed by atoms with van der Waals surface area (Å²) in [5.74, 6) is 2.59. The molecule has 3 aliphatic heterocycles. The van der Waals surface area contributed by atoms with Crippen molar-refractivity contribution >= 4 is 0 Å². The summed E-state index contributed by atoms with van der Waals surface area (Å²) in [5.41, 5.74) is 1.05. The molecule has 4 rings (SSSR count). The SMILES string of the molecule is COc1cc(OC)c(OC)cc1CC1C(O)C2CCN1CC2. The summed E-state index contributed by atoms with van der Waals surface area (Å²) < 4.78 is 16.2. The number of hydrogen-bond acceptors (Lipinski definition) is 5. The van der Waals surface area contributed by atoms with E-state index in [2.05, 4.69) is 4.90 Å². The quantitative estimate of drug-likeness (QED) is 0.897. The van der Waals surface area contributed by atoms with Gasteiger partial charge in [0.05, 0.1) is 27.4 Å². The fourth-order valence-electron chi connectivity index (χ4n) is 3.85. The normalized spacial score (nSPS) is 30.2. The van der Waals surface area contributed by atoms with Gasteiger partial charge in [-0.2, -0.15) is 0 Å². The topological polar surface area (TPSA) is 51.2 Å². The van der Waals surface area contributed by atoms with Gasteiger partial charge in [-0.15, -0.1) is 0 Å². The molecule has 3 aliphatic rings. The Labute approximate surface area is 131 Å². The number of aliphatic hydroxyl groups excluding tert-OH is 1. The molecule has 0 radical (unpaired) electrons. The summed E-state index contributed by atoms with van der Waals surface area (Å²) in [7, 11) is 4.91. The average Bonchev–Trinajstić information content (AvgIpc) is 2.57. The summed E-state index contributed by atoms with van der Waals surface area (Å²) in [6.45, 7) is 2.17. The molecule has 0 aromatic heterocycles. The Morgan fingerprint density at radius 3 is 2.14 bits per heavy atom. The lowest BCUT2D eigenvalue weighted by Gasteiger charge is -2.49. The van der Waals surface area contributed by atoms with Crippen molar-refractivity contribution in [1.82, 2.24) is 4.90 Å². The molecule has 2 unspecified atom stereocenters. The standard InChI is InChI=1S/C17H25NO4/c1-20-14-10-16(22-3)15(21-2)9-12(14)8-13-17(19)11-4-6-18(13)7-5-11/h9-11,13,17,19H,4-8H2,1-3H3. The van der Waals surface area contributed by atoms with Crippen LogP contribution in [0.1, 0.15) is 18.4 Å². The molecule has 1 N–H and O–H groups in total. The first kappa shape index (κ1) is 15.4. The third kappa shape index (κ3) is 2.63. The highest BCUT2D eigenvalue weighted by Gasteiger charge is 2.41. The van der Waals surface area contributed by atoms with E-state index in [0.29, 0.717) is 17.4 Å². The molecule has 1 aromatic carbocycles. The van der Waals surface area contributed by atoms with Gasteiger partial charge in [-0.1, -0.05) is 0 Å². The maximum atomic E-state index is 10.6. The Kier molecular flexibility index (Phi) is 4.45. The van der Waals surface area contributed by atoms with Crippen LogP contribution in [0.15, 0.2) is 12.1 Å². The van der Waals surface area contributed by atoms with Gasteiger partial charge in [0.1, 0.15) is 5.75 Å². The van der Waals surface area contributed by atoms with Crippen molar-refractivity contribution in [2.75, 3.05) is 34.4 Å². The maximum Gasteiger partial charge on any atom is 0.164 e. The van der Waals surface area contributed by atoms with Crippen LogP contribution in [0.4, 0.5) is 0 Å². The first-order valence-corrected chi connectivity index (χ1v) is 7.89. The van der Waals surface area contributed by atoms with E-state index in [1.54, 1.807) is 21.3 Å². The highest BCUT2D eigenvalue weighted by atomic mass is 16.5. The highest BCUT2D eigenvalue weighted by molar-refractivity contribution is 5.51. The second-order valence-electron chi connectivity index (χ2n) is 6.15. The maximum absolute atomic E-state index is 10.6. The number of nitrogens with zero attached hydrogens (tertiary/aromatic N) is 1. The molecule has 2 atom stereocenters. The van der Waals surface area contributed by atoms with Gasteiger partial charge in [-0.25, -0.2) is 0 Å². The van der Waals surface area contributed by atoms with E-state index in [1.807, 2.05) is 12.1 Å². The summed E-state index contributed by atoms with van der Waals surface area (Å²) in [4.78, 5) is 2.40. The zero-order chi connectivity index (χ0) is 15.7. The predicted molar refractivity (Wildman–Crippen MR) is 83.9 cm³/mol. The molecule has 0 amide bonds. The second kappa shape index (κ2) is 6.34. The van der Waals surface area contributed by atoms with Crippen LogP contribution in [0.5, 0.6) is 17.2 Å². The van der Waals surface area contributed by atoms with E-state index < -0.39 is 0 Å². The largest absolute Gasteiger partial charge is 0.496 e. The molecule has 5 nitrogen and oxygen atoms in total. The molecule has 122 valence electrons. The van der Waals surface area contributed by atoms with E-state index in [4.69, 9.17) is 14.2 Å². The summed E-state index contributed by atoms with van der Waals surface area (Å²) >= 11 is 0. The van der Waals surface area contributed by atoms with E-state index in [-0.39, 0.29) is 12.1 Å². The van der Waals surface area contributed by atoms with Gasteiger partial charge >= 0.3 is 0 Å². The van der Waals surface area contributed by atoms with E-state index in [9.17, 15) is 5.11 Å². The number of rotatable bonds is 5. The fourth-order valence-corrected chi connectivity index (χ4v) is 3.85. The molecule has 0 spiro atoms. The van der Waals surface area contributed by atoms with Crippen LogP contribution >= 0.6 is 0 Å². The molecule has 3 heterocycles. The van der Waals surface area contributed by atoms with E-state index in [0.717, 1.165) is 43.7 Å².